The number of benzene rings is 1. The zero-order valence-corrected chi connectivity index (χ0v) is 10.0. The molecule has 0 aliphatic heterocycles. The van der Waals surface area contributed by atoms with Gasteiger partial charge in [0, 0.05) is 13.6 Å². The average molecular weight is 230 g/mol. The summed E-state index contributed by atoms with van der Waals surface area (Å²) in [4.78, 5) is 8.25. The molecule has 1 aromatic carbocycles. The maximum atomic E-state index is 4.19. The van der Waals surface area contributed by atoms with Crippen LogP contribution in [0.15, 0.2) is 43.0 Å². The summed E-state index contributed by atoms with van der Waals surface area (Å²) in [6, 6.07) is 10.1. The second-order valence-electron chi connectivity index (χ2n) is 3.48. The molecule has 0 atom stereocenters. The Morgan fingerprint density at radius 1 is 1.29 bits per heavy atom. The lowest BCUT2D eigenvalue weighted by Crippen LogP contribution is -2.56. The Labute approximate surface area is 101 Å². The van der Waals surface area contributed by atoms with Gasteiger partial charge in [0.2, 0.25) is 12.7 Å². The van der Waals surface area contributed by atoms with Crippen molar-refractivity contribution in [3.05, 3.63) is 43.0 Å². The molecular weight excluding hydrogens is 214 g/mol. The van der Waals surface area contributed by atoms with Gasteiger partial charge >= 0.3 is 5.95 Å². The van der Waals surface area contributed by atoms with Crippen molar-refractivity contribution in [3.63, 3.8) is 0 Å². The third kappa shape index (κ3) is 2.33. The SMILES string of the molecule is CCN(c1ccccc1)[n+]1cncnc1NC. The van der Waals surface area contributed by atoms with E-state index in [9.17, 15) is 0 Å². The molecule has 0 bridgehead atoms. The summed E-state index contributed by atoms with van der Waals surface area (Å²) >= 11 is 0. The fraction of sp³-hybridized carbons (Fsp3) is 0.250. The van der Waals surface area contributed by atoms with Crippen molar-refractivity contribution >= 4 is 11.6 Å². The van der Waals surface area contributed by atoms with E-state index in [0.29, 0.717) is 0 Å². The molecule has 1 heterocycles. The monoisotopic (exact) mass is 230 g/mol. The molecule has 5 heteroatoms. The summed E-state index contributed by atoms with van der Waals surface area (Å²) in [5.41, 5.74) is 1.10. The lowest BCUT2D eigenvalue weighted by atomic mass is 10.3. The van der Waals surface area contributed by atoms with Gasteiger partial charge in [-0.25, -0.2) is 5.01 Å². The molecule has 17 heavy (non-hydrogen) atoms. The number of aromatic nitrogens is 3. The number of anilines is 2. The first-order chi connectivity index (χ1) is 8.36. The number of para-hydroxylation sites is 1. The summed E-state index contributed by atoms with van der Waals surface area (Å²) in [6.07, 6.45) is 3.27. The molecule has 0 radical (unpaired) electrons. The molecule has 2 aromatic rings. The Balaban J connectivity index is 2.42. The fourth-order valence-electron chi connectivity index (χ4n) is 1.71. The van der Waals surface area contributed by atoms with Gasteiger partial charge in [-0.3, -0.25) is 5.32 Å². The van der Waals surface area contributed by atoms with Crippen molar-refractivity contribution in [2.45, 2.75) is 6.92 Å². The van der Waals surface area contributed by atoms with E-state index in [1.54, 1.807) is 6.33 Å². The zero-order chi connectivity index (χ0) is 12.1. The summed E-state index contributed by atoms with van der Waals surface area (Å²) in [7, 11) is 1.84. The second-order valence-corrected chi connectivity index (χ2v) is 3.48. The quantitative estimate of drug-likeness (QED) is 0.799. The van der Waals surface area contributed by atoms with E-state index in [1.807, 2.05) is 29.9 Å². The molecule has 0 spiro atoms. The Morgan fingerprint density at radius 3 is 2.71 bits per heavy atom. The third-order valence-electron chi connectivity index (χ3n) is 2.48. The fourth-order valence-corrected chi connectivity index (χ4v) is 1.71. The zero-order valence-electron chi connectivity index (χ0n) is 10.0. The minimum atomic E-state index is 0.755. The molecule has 0 saturated carbocycles. The van der Waals surface area contributed by atoms with Crippen molar-refractivity contribution in [3.8, 4) is 0 Å². The normalized spacial score (nSPS) is 10.0. The standard InChI is InChI=1S/C12H15N5/c1-3-16(11-7-5-4-6-8-11)17-10-14-9-15-12(17)13-2/h4-10H,3H2,1-2H3/p+1. The van der Waals surface area contributed by atoms with E-state index >= 15 is 0 Å². The summed E-state index contributed by atoms with van der Waals surface area (Å²) in [5.74, 6) is 0.755. The van der Waals surface area contributed by atoms with E-state index in [-0.39, 0.29) is 0 Å². The van der Waals surface area contributed by atoms with Crippen molar-refractivity contribution in [1.82, 2.24) is 9.97 Å². The van der Waals surface area contributed by atoms with E-state index in [4.69, 9.17) is 0 Å². The van der Waals surface area contributed by atoms with E-state index in [2.05, 4.69) is 39.4 Å². The number of hydrogen-bond donors (Lipinski definition) is 1. The van der Waals surface area contributed by atoms with Crippen LogP contribution in [0.4, 0.5) is 11.6 Å². The molecule has 0 aliphatic carbocycles. The molecular formula is C12H16N5+. The predicted octanol–water partition coefficient (Wildman–Crippen LogP) is 1.10. The highest BCUT2D eigenvalue weighted by atomic mass is 15.6. The van der Waals surface area contributed by atoms with Gasteiger partial charge in [-0.05, 0) is 19.1 Å². The van der Waals surface area contributed by atoms with Crippen molar-refractivity contribution in [2.75, 3.05) is 23.9 Å². The van der Waals surface area contributed by atoms with Crippen molar-refractivity contribution in [2.24, 2.45) is 0 Å². The van der Waals surface area contributed by atoms with E-state index < -0.39 is 0 Å². The number of nitrogens with one attached hydrogen (secondary N) is 1. The van der Waals surface area contributed by atoms with Crippen LogP contribution in [0.2, 0.25) is 0 Å². The second kappa shape index (κ2) is 5.25. The lowest BCUT2D eigenvalue weighted by Gasteiger charge is -2.21. The molecule has 1 N–H and O–H groups in total. The maximum absolute atomic E-state index is 4.19. The van der Waals surface area contributed by atoms with Gasteiger partial charge in [0.1, 0.15) is 0 Å². The van der Waals surface area contributed by atoms with Crippen LogP contribution in [0.3, 0.4) is 0 Å². The summed E-state index contributed by atoms with van der Waals surface area (Å²) in [6.45, 7) is 2.92. The van der Waals surface area contributed by atoms with Crippen molar-refractivity contribution in [1.29, 1.82) is 0 Å². The molecule has 88 valence electrons. The molecule has 5 nitrogen and oxygen atoms in total. The van der Waals surface area contributed by atoms with Gasteiger partial charge in [0.25, 0.3) is 0 Å². The van der Waals surface area contributed by atoms with Crippen LogP contribution in [0.1, 0.15) is 6.92 Å². The predicted molar refractivity (Wildman–Crippen MR) is 66.6 cm³/mol. The van der Waals surface area contributed by atoms with Crippen LogP contribution in [-0.2, 0) is 0 Å². The van der Waals surface area contributed by atoms with Gasteiger partial charge in [-0.2, -0.15) is 0 Å². The molecule has 2 rings (SSSR count). The molecule has 0 amide bonds. The van der Waals surface area contributed by atoms with Gasteiger partial charge < -0.3 is 0 Å². The van der Waals surface area contributed by atoms with E-state index in [1.165, 1.54) is 6.33 Å². The average Bonchev–Trinajstić information content (AvgIpc) is 2.41. The minimum absolute atomic E-state index is 0.755. The van der Waals surface area contributed by atoms with Gasteiger partial charge in [-0.15, -0.1) is 9.66 Å². The van der Waals surface area contributed by atoms with Crippen LogP contribution in [0.25, 0.3) is 0 Å². The van der Waals surface area contributed by atoms with Crippen LogP contribution >= 0.6 is 0 Å². The van der Waals surface area contributed by atoms with Gasteiger partial charge in [0.05, 0.1) is 5.69 Å². The van der Waals surface area contributed by atoms with Crippen LogP contribution in [0, 0.1) is 0 Å². The Bertz CT molecular complexity index is 471. The first-order valence-electron chi connectivity index (χ1n) is 5.59. The lowest BCUT2D eigenvalue weighted by molar-refractivity contribution is -0.675. The topological polar surface area (TPSA) is 44.9 Å². The van der Waals surface area contributed by atoms with Crippen LogP contribution in [0.5, 0.6) is 0 Å². The molecule has 0 saturated heterocycles. The third-order valence-corrected chi connectivity index (χ3v) is 2.48. The van der Waals surface area contributed by atoms with Gasteiger partial charge in [0.15, 0.2) is 0 Å². The molecule has 0 unspecified atom stereocenters. The molecule has 1 aromatic heterocycles. The first-order valence-corrected chi connectivity index (χ1v) is 5.59. The molecule has 0 aliphatic rings. The Hall–Kier alpha value is -2.17. The highest BCUT2D eigenvalue weighted by Crippen LogP contribution is 2.10. The highest BCUT2D eigenvalue weighted by molar-refractivity contribution is 5.43. The number of nitrogens with zero attached hydrogens (tertiary/aromatic N) is 4. The number of rotatable bonds is 4. The largest absolute Gasteiger partial charge is 0.371 e. The Morgan fingerprint density at radius 2 is 2.06 bits per heavy atom. The van der Waals surface area contributed by atoms with Crippen molar-refractivity contribution < 1.29 is 4.68 Å². The minimum Gasteiger partial charge on any atom is -0.295 e. The number of hydrogen-bond acceptors (Lipinski definition) is 4. The van der Waals surface area contributed by atoms with Crippen LogP contribution in [-0.4, -0.2) is 23.6 Å². The summed E-state index contributed by atoms with van der Waals surface area (Å²) < 4.78 is 1.90. The Kier molecular flexibility index (Phi) is 3.49. The molecule has 0 fully saturated rings. The van der Waals surface area contributed by atoms with E-state index in [0.717, 1.165) is 18.2 Å². The smallest absolute Gasteiger partial charge is 0.295 e. The summed E-state index contributed by atoms with van der Waals surface area (Å²) in [5, 5.41) is 5.14. The first kappa shape index (κ1) is 11.3. The highest BCUT2D eigenvalue weighted by Gasteiger charge is 2.14. The van der Waals surface area contributed by atoms with Gasteiger partial charge in [-0.1, -0.05) is 23.2 Å². The van der Waals surface area contributed by atoms with Crippen LogP contribution < -0.4 is 15.0 Å². The maximum Gasteiger partial charge on any atom is 0.371 e.